The molecule has 1 amide bonds. The summed E-state index contributed by atoms with van der Waals surface area (Å²) in [7, 11) is 0. The first-order chi connectivity index (χ1) is 12.6. The van der Waals surface area contributed by atoms with Gasteiger partial charge in [0.2, 0.25) is 0 Å². The number of carbonyl (C=O) groups excluding carboxylic acids is 1. The molecule has 3 nitrogen and oxygen atoms in total. The normalized spacial score (nSPS) is 11.8. The van der Waals surface area contributed by atoms with Crippen LogP contribution in [0.1, 0.15) is 22.7 Å². The lowest BCUT2D eigenvalue weighted by Crippen LogP contribution is -2.87. The number of amides is 1. The minimum atomic E-state index is -0.321. The molecule has 0 bridgehead atoms. The molecule has 0 aliphatic carbocycles. The molecule has 132 valence electrons. The van der Waals surface area contributed by atoms with Crippen molar-refractivity contribution in [3.63, 3.8) is 0 Å². The monoisotopic (exact) mass is 349 g/mol. The minimum Gasteiger partial charge on any atom is -0.328 e. The van der Waals surface area contributed by atoms with E-state index in [4.69, 9.17) is 0 Å². The smallest absolute Gasteiger partial charge is 0.279 e. The molecule has 26 heavy (non-hydrogen) atoms. The van der Waals surface area contributed by atoms with Crippen molar-refractivity contribution in [3.8, 4) is 0 Å². The average Bonchev–Trinajstić information content (AvgIpc) is 2.66. The van der Waals surface area contributed by atoms with Crippen LogP contribution in [0.3, 0.4) is 0 Å². The van der Waals surface area contributed by atoms with Crippen LogP contribution in [0.15, 0.2) is 78.9 Å². The Hall–Kier alpha value is -2.98. The molecule has 0 saturated carbocycles. The zero-order chi connectivity index (χ0) is 18.4. The van der Waals surface area contributed by atoms with E-state index in [1.54, 1.807) is 12.1 Å². The highest BCUT2D eigenvalue weighted by Gasteiger charge is 2.18. The van der Waals surface area contributed by atoms with Gasteiger partial charge in [0.05, 0.1) is 0 Å². The highest BCUT2D eigenvalue weighted by atomic mass is 19.1. The molecule has 0 aromatic heterocycles. The Morgan fingerprint density at radius 1 is 0.923 bits per heavy atom. The lowest BCUT2D eigenvalue weighted by atomic mass is 9.98. The maximum absolute atomic E-state index is 13.0. The van der Waals surface area contributed by atoms with Crippen LogP contribution in [-0.4, -0.2) is 12.5 Å². The van der Waals surface area contributed by atoms with E-state index in [0.717, 1.165) is 11.1 Å². The quantitative estimate of drug-likeness (QED) is 0.704. The molecule has 0 saturated heterocycles. The largest absolute Gasteiger partial charge is 0.328 e. The van der Waals surface area contributed by atoms with E-state index >= 15 is 0 Å². The molecule has 0 unspecified atom stereocenters. The van der Waals surface area contributed by atoms with Gasteiger partial charge in [0.1, 0.15) is 11.9 Å². The van der Waals surface area contributed by atoms with Crippen molar-refractivity contribution in [2.24, 2.45) is 0 Å². The van der Waals surface area contributed by atoms with Crippen molar-refractivity contribution in [2.75, 3.05) is 11.9 Å². The zero-order valence-corrected chi connectivity index (χ0v) is 14.7. The van der Waals surface area contributed by atoms with Gasteiger partial charge in [-0.15, -0.1) is 0 Å². The van der Waals surface area contributed by atoms with Gasteiger partial charge in [-0.25, -0.2) is 4.39 Å². The number of nitrogens with one attached hydrogen (secondary N) is 1. The number of quaternary nitrogens is 1. The van der Waals surface area contributed by atoms with Gasteiger partial charge in [0, 0.05) is 16.8 Å². The van der Waals surface area contributed by atoms with E-state index in [2.05, 4.69) is 48.6 Å². The van der Waals surface area contributed by atoms with Crippen LogP contribution < -0.4 is 10.6 Å². The van der Waals surface area contributed by atoms with Gasteiger partial charge in [-0.2, -0.15) is 0 Å². The van der Waals surface area contributed by atoms with E-state index in [1.165, 1.54) is 17.7 Å². The van der Waals surface area contributed by atoms with Crippen LogP contribution in [0.2, 0.25) is 0 Å². The standard InChI is InChI=1S/C22H21FN2O/c1-16-7-9-18(10-8-16)22(17-5-3-2-4-6-17)24-15-21(26)25-20-13-11-19(23)12-14-20/h2-14,22,24H,15H2,1H3,(H,25,26)/p+1/t22-/m1/s1. The highest BCUT2D eigenvalue weighted by Crippen LogP contribution is 2.18. The molecule has 3 rings (SSSR count). The number of hydrogen-bond donors (Lipinski definition) is 2. The molecule has 3 N–H and O–H groups in total. The van der Waals surface area contributed by atoms with Crippen LogP contribution in [0, 0.1) is 12.7 Å². The Morgan fingerprint density at radius 3 is 2.19 bits per heavy atom. The van der Waals surface area contributed by atoms with Crippen LogP contribution in [-0.2, 0) is 4.79 Å². The Labute approximate surface area is 152 Å². The van der Waals surface area contributed by atoms with Gasteiger partial charge >= 0.3 is 0 Å². The Balaban J connectivity index is 1.70. The molecule has 0 aliphatic rings. The van der Waals surface area contributed by atoms with Crippen molar-refractivity contribution < 1.29 is 14.5 Å². The summed E-state index contributed by atoms with van der Waals surface area (Å²) in [6.45, 7) is 2.33. The predicted octanol–water partition coefficient (Wildman–Crippen LogP) is 3.43. The Kier molecular flexibility index (Phi) is 5.77. The van der Waals surface area contributed by atoms with E-state index < -0.39 is 0 Å². The summed E-state index contributed by atoms with van der Waals surface area (Å²) in [6, 6.07) is 24.3. The number of rotatable bonds is 6. The van der Waals surface area contributed by atoms with E-state index in [0.29, 0.717) is 5.69 Å². The van der Waals surface area contributed by atoms with Crippen molar-refractivity contribution in [2.45, 2.75) is 13.0 Å². The number of aryl methyl sites for hydroxylation is 1. The van der Waals surface area contributed by atoms with E-state index in [1.807, 2.05) is 23.5 Å². The molecule has 0 aliphatic heterocycles. The molecule has 1 atom stereocenters. The SMILES string of the molecule is Cc1ccc([C@H]([NH2+]CC(=O)Nc2ccc(F)cc2)c2ccccc2)cc1. The molecule has 0 fully saturated rings. The summed E-state index contributed by atoms with van der Waals surface area (Å²) in [6.07, 6.45) is 0. The van der Waals surface area contributed by atoms with Gasteiger partial charge in [0.25, 0.3) is 5.91 Å². The number of anilines is 1. The summed E-state index contributed by atoms with van der Waals surface area (Å²) in [5.41, 5.74) is 4.09. The number of halogens is 1. The molecule has 3 aromatic carbocycles. The second-order valence-electron chi connectivity index (χ2n) is 6.29. The highest BCUT2D eigenvalue weighted by molar-refractivity contribution is 5.91. The maximum Gasteiger partial charge on any atom is 0.279 e. The first-order valence-corrected chi connectivity index (χ1v) is 8.62. The molecule has 0 spiro atoms. The van der Waals surface area contributed by atoms with E-state index in [9.17, 15) is 9.18 Å². The first kappa shape index (κ1) is 17.8. The van der Waals surface area contributed by atoms with Crippen molar-refractivity contribution in [1.29, 1.82) is 0 Å². The van der Waals surface area contributed by atoms with Crippen LogP contribution in [0.5, 0.6) is 0 Å². The van der Waals surface area contributed by atoms with Crippen molar-refractivity contribution >= 4 is 11.6 Å². The lowest BCUT2D eigenvalue weighted by Gasteiger charge is -2.17. The second-order valence-corrected chi connectivity index (χ2v) is 6.29. The Bertz CT molecular complexity index is 846. The number of benzene rings is 3. The van der Waals surface area contributed by atoms with Crippen LogP contribution in [0.4, 0.5) is 10.1 Å². The molecule has 0 radical (unpaired) electrons. The molecule has 3 aromatic rings. The third-order valence-corrected chi connectivity index (χ3v) is 4.26. The minimum absolute atomic E-state index is 0.0377. The first-order valence-electron chi connectivity index (χ1n) is 8.62. The predicted molar refractivity (Wildman–Crippen MR) is 101 cm³/mol. The maximum atomic E-state index is 13.0. The fraction of sp³-hybridized carbons (Fsp3) is 0.136. The fourth-order valence-electron chi connectivity index (χ4n) is 2.87. The van der Waals surface area contributed by atoms with Gasteiger partial charge in [0.15, 0.2) is 6.54 Å². The van der Waals surface area contributed by atoms with Gasteiger partial charge in [-0.1, -0.05) is 60.2 Å². The molecule has 4 heteroatoms. The second kappa shape index (κ2) is 8.41. The number of carbonyl (C=O) groups is 1. The van der Waals surface area contributed by atoms with Crippen LogP contribution >= 0.6 is 0 Å². The molecular weight excluding hydrogens is 327 g/mol. The summed E-state index contributed by atoms with van der Waals surface area (Å²) in [4.78, 5) is 12.3. The third-order valence-electron chi connectivity index (χ3n) is 4.26. The summed E-state index contributed by atoms with van der Waals surface area (Å²) in [5.74, 6) is -0.442. The number of nitrogens with two attached hydrogens (primary N) is 1. The van der Waals surface area contributed by atoms with Crippen molar-refractivity contribution in [3.05, 3.63) is 101 Å². The summed E-state index contributed by atoms with van der Waals surface area (Å²) in [5, 5.41) is 4.81. The number of hydrogen-bond acceptors (Lipinski definition) is 1. The van der Waals surface area contributed by atoms with Crippen LogP contribution in [0.25, 0.3) is 0 Å². The Morgan fingerprint density at radius 2 is 1.54 bits per heavy atom. The van der Waals surface area contributed by atoms with Gasteiger partial charge in [-0.05, 0) is 31.2 Å². The average molecular weight is 349 g/mol. The summed E-state index contributed by atoms with van der Waals surface area (Å²) >= 11 is 0. The molecule has 0 heterocycles. The molecular formula is C22H22FN2O+. The van der Waals surface area contributed by atoms with Gasteiger partial charge < -0.3 is 10.6 Å². The zero-order valence-electron chi connectivity index (χ0n) is 14.7. The van der Waals surface area contributed by atoms with Crippen molar-refractivity contribution in [1.82, 2.24) is 0 Å². The topological polar surface area (TPSA) is 45.7 Å². The fourth-order valence-corrected chi connectivity index (χ4v) is 2.87. The third kappa shape index (κ3) is 4.77. The lowest BCUT2D eigenvalue weighted by molar-refractivity contribution is -0.676. The summed E-state index contributed by atoms with van der Waals surface area (Å²) < 4.78 is 13.0. The van der Waals surface area contributed by atoms with Gasteiger partial charge in [-0.3, -0.25) is 4.79 Å². The van der Waals surface area contributed by atoms with E-state index in [-0.39, 0.29) is 24.3 Å².